The third-order valence-corrected chi connectivity index (χ3v) is 4.44. The van der Waals surface area contributed by atoms with Crippen LogP contribution in [0.15, 0.2) is 48.5 Å². The number of hydrogen-bond acceptors (Lipinski definition) is 4. The highest BCUT2D eigenvalue weighted by atomic mass is 32.1. The summed E-state index contributed by atoms with van der Waals surface area (Å²) in [6.45, 7) is 6.86. The van der Waals surface area contributed by atoms with E-state index in [1.807, 2.05) is 31.2 Å². The Morgan fingerprint density at radius 3 is 2.38 bits per heavy atom. The van der Waals surface area contributed by atoms with Crippen molar-refractivity contribution in [3.63, 3.8) is 0 Å². The Morgan fingerprint density at radius 2 is 1.72 bits per heavy atom. The second kappa shape index (κ2) is 11.2. The third-order valence-electron chi connectivity index (χ3n) is 4.24. The molecule has 0 atom stereocenters. The lowest BCUT2D eigenvalue weighted by Gasteiger charge is -2.12. The fourth-order valence-corrected chi connectivity index (χ4v) is 2.65. The second-order valence-electron chi connectivity index (χ2n) is 7.12. The van der Waals surface area contributed by atoms with E-state index in [0.29, 0.717) is 23.8 Å². The smallest absolute Gasteiger partial charge is 0.269 e. The van der Waals surface area contributed by atoms with Gasteiger partial charge in [0.25, 0.3) is 5.91 Å². The van der Waals surface area contributed by atoms with E-state index in [1.165, 1.54) is 0 Å². The molecule has 0 spiro atoms. The first-order valence-electron chi connectivity index (χ1n) is 9.52. The highest BCUT2D eigenvalue weighted by Crippen LogP contribution is 2.13. The Bertz CT molecular complexity index is 851. The molecule has 0 saturated heterocycles. The van der Waals surface area contributed by atoms with Crippen LogP contribution in [0.2, 0.25) is 0 Å². The fraction of sp³-hybridized carbons (Fsp3) is 0.318. The molecular weight excluding hydrogens is 386 g/mol. The van der Waals surface area contributed by atoms with Crippen molar-refractivity contribution in [3.05, 3.63) is 65.2 Å². The maximum Gasteiger partial charge on any atom is 0.269 e. The van der Waals surface area contributed by atoms with Crippen LogP contribution in [0.4, 0.5) is 0 Å². The van der Waals surface area contributed by atoms with Crippen molar-refractivity contribution in [2.75, 3.05) is 6.61 Å². The molecule has 2 aromatic rings. The zero-order valence-electron chi connectivity index (χ0n) is 17.0. The second-order valence-corrected chi connectivity index (χ2v) is 7.52. The van der Waals surface area contributed by atoms with Crippen molar-refractivity contribution in [1.29, 1.82) is 0 Å². The van der Waals surface area contributed by atoms with E-state index >= 15 is 0 Å². The molecule has 0 fully saturated rings. The van der Waals surface area contributed by atoms with Gasteiger partial charge in [-0.3, -0.25) is 20.4 Å². The molecule has 0 aliphatic heterocycles. The number of benzene rings is 2. The van der Waals surface area contributed by atoms with E-state index in [9.17, 15) is 9.59 Å². The molecule has 0 unspecified atom stereocenters. The number of hydrogen-bond donors (Lipinski definition) is 3. The van der Waals surface area contributed by atoms with Crippen molar-refractivity contribution < 1.29 is 14.3 Å². The number of carbonyl (C=O) groups is 2. The van der Waals surface area contributed by atoms with Gasteiger partial charge in [0.2, 0.25) is 5.91 Å². The Labute approximate surface area is 177 Å². The van der Waals surface area contributed by atoms with Crippen molar-refractivity contribution >= 4 is 29.1 Å². The quantitative estimate of drug-likeness (QED) is 0.479. The fourth-order valence-electron chi connectivity index (χ4n) is 2.48. The summed E-state index contributed by atoms with van der Waals surface area (Å²) in [6.07, 6.45) is 1.18. The minimum atomic E-state index is -0.366. The van der Waals surface area contributed by atoms with Gasteiger partial charge in [-0.25, -0.2) is 0 Å². The van der Waals surface area contributed by atoms with Gasteiger partial charge in [0.15, 0.2) is 5.11 Å². The Balaban J connectivity index is 1.75. The number of rotatable bonds is 7. The van der Waals surface area contributed by atoms with Crippen LogP contribution in [-0.2, 0) is 11.2 Å². The summed E-state index contributed by atoms with van der Waals surface area (Å²) in [7, 11) is 0. The molecule has 7 heteroatoms. The summed E-state index contributed by atoms with van der Waals surface area (Å²) >= 11 is 5.06. The summed E-state index contributed by atoms with van der Waals surface area (Å²) in [5.41, 5.74) is 7.42. The minimum absolute atomic E-state index is 0.0329. The van der Waals surface area contributed by atoms with Crippen LogP contribution >= 0.6 is 12.2 Å². The number of ether oxygens (including phenoxy) is 1. The first-order valence-corrected chi connectivity index (χ1v) is 9.93. The molecule has 0 radical (unpaired) electrons. The largest absolute Gasteiger partial charge is 0.494 e. The number of amides is 2. The molecule has 29 heavy (non-hydrogen) atoms. The lowest BCUT2D eigenvalue weighted by molar-refractivity contribution is -0.119. The molecule has 0 aliphatic carbocycles. The van der Waals surface area contributed by atoms with Gasteiger partial charge in [0.05, 0.1) is 13.0 Å². The third kappa shape index (κ3) is 7.91. The molecule has 6 nitrogen and oxygen atoms in total. The van der Waals surface area contributed by atoms with Gasteiger partial charge >= 0.3 is 0 Å². The Hall–Kier alpha value is -2.93. The Kier molecular flexibility index (Phi) is 8.61. The number of aryl methyl sites for hydroxylation is 1. The molecule has 2 aromatic carbocycles. The van der Waals surface area contributed by atoms with Crippen LogP contribution in [0.3, 0.4) is 0 Å². The number of hydrazine groups is 1. The van der Waals surface area contributed by atoms with Crippen LogP contribution in [0.5, 0.6) is 5.75 Å². The molecule has 2 amide bonds. The topological polar surface area (TPSA) is 79.5 Å². The van der Waals surface area contributed by atoms with Crippen LogP contribution in [0.1, 0.15) is 41.8 Å². The molecule has 3 N–H and O–H groups in total. The minimum Gasteiger partial charge on any atom is -0.494 e. The van der Waals surface area contributed by atoms with Crippen molar-refractivity contribution in [3.8, 4) is 5.75 Å². The summed E-state index contributed by atoms with van der Waals surface area (Å²) in [5, 5.41) is 2.58. The van der Waals surface area contributed by atoms with Crippen LogP contribution in [0.25, 0.3) is 0 Å². The average Bonchev–Trinajstić information content (AvgIpc) is 2.68. The first kappa shape index (κ1) is 22.4. The molecule has 0 aromatic heterocycles. The maximum absolute atomic E-state index is 12.2. The van der Waals surface area contributed by atoms with Gasteiger partial charge in [0, 0.05) is 5.56 Å². The average molecular weight is 414 g/mol. The molecule has 0 bridgehead atoms. The van der Waals surface area contributed by atoms with E-state index in [2.05, 4.69) is 30.0 Å². The van der Waals surface area contributed by atoms with Crippen LogP contribution < -0.4 is 20.9 Å². The van der Waals surface area contributed by atoms with Crippen molar-refractivity contribution in [2.45, 2.75) is 33.6 Å². The van der Waals surface area contributed by atoms with E-state index in [-0.39, 0.29) is 23.3 Å². The van der Waals surface area contributed by atoms with E-state index < -0.39 is 0 Å². The van der Waals surface area contributed by atoms with Crippen LogP contribution in [-0.4, -0.2) is 23.5 Å². The first-order chi connectivity index (χ1) is 13.8. The zero-order chi connectivity index (χ0) is 21.2. The molecule has 0 heterocycles. The highest BCUT2D eigenvalue weighted by Gasteiger charge is 2.10. The molecule has 154 valence electrons. The number of carbonyl (C=O) groups excluding carboxylic acids is 2. The monoisotopic (exact) mass is 413 g/mol. The summed E-state index contributed by atoms with van der Waals surface area (Å²) in [6, 6.07) is 14.5. The van der Waals surface area contributed by atoms with Gasteiger partial charge in [-0.2, -0.15) is 0 Å². The normalized spacial score (nSPS) is 10.3. The standard InChI is InChI=1S/C22H27N3O3S/c1-15(2)12-13-28-19-10-8-17(9-11-19)21(27)24-25-22(29)23-20(26)14-18-7-5-4-6-16(18)3/h4-11,15H,12-14H2,1-3H3,(H,24,27)(H2,23,25,26,29). The highest BCUT2D eigenvalue weighted by molar-refractivity contribution is 7.80. The van der Waals surface area contributed by atoms with Gasteiger partial charge in [-0.05, 0) is 66.9 Å². The van der Waals surface area contributed by atoms with Gasteiger partial charge in [-0.1, -0.05) is 38.1 Å². The molecular formula is C22H27N3O3S. The predicted octanol–water partition coefficient (Wildman–Crippen LogP) is 3.30. The number of nitrogens with one attached hydrogen (secondary N) is 3. The molecule has 2 rings (SSSR count). The van der Waals surface area contributed by atoms with Crippen molar-refractivity contribution in [1.82, 2.24) is 16.2 Å². The Morgan fingerprint density at radius 1 is 1.03 bits per heavy atom. The predicted molar refractivity (Wildman–Crippen MR) is 118 cm³/mol. The summed E-state index contributed by atoms with van der Waals surface area (Å²) in [4.78, 5) is 24.3. The molecule has 0 saturated carbocycles. The van der Waals surface area contributed by atoms with E-state index in [4.69, 9.17) is 17.0 Å². The lowest BCUT2D eigenvalue weighted by atomic mass is 10.1. The zero-order valence-corrected chi connectivity index (χ0v) is 17.8. The van der Waals surface area contributed by atoms with Crippen molar-refractivity contribution in [2.24, 2.45) is 5.92 Å². The summed E-state index contributed by atoms with van der Waals surface area (Å²) in [5.74, 6) is 0.671. The van der Waals surface area contributed by atoms with Gasteiger partial charge in [-0.15, -0.1) is 0 Å². The van der Waals surface area contributed by atoms with Gasteiger partial charge in [0.1, 0.15) is 5.75 Å². The lowest BCUT2D eigenvalue weighted by Crippen LogP contribution is -2.48. The van der Waals surface area contributed by atoms with Crippen LogP contribution in [0, 0.1) is 12.8 Å². The molecule has 0 aliphatic rings. The van der Waals surface area contributed by atoms with Gasteiger partial charge < -0.3 is 10.1 Å². The van der Waals surface area contributed by atoms with E-state index in [1.54, 1.807) is 24.3 Å². The van der Waals surface area contributed by atoms with E-state index in [0.717, 1.165) is 17.5 Å². The SMILES string of the molecule is Cc1ccccc1CC(=O)NC(=S)NNC(=O)c1ccc(OCCC(C)C)cc1. The maximum atomic E-state index is 12.2. The summed E-state index contributed by atoms with van der Waals surface area (Å²) < 4.78 is 5.64. The number of thiocarbonyl (C=S) groups is 1.